The van der Waals surface area contributed by atoms with E-state index in [-0.39, 0.29) is 0 Å². The first-order chi connectivity index (χ1) is 20.3. The van der Waals surface area contributed by atoms with Crippen LogP contribution in [0, 0.1) is 0 Å². The van der Waals surface area contributed by atoms with E-state index in [1.165, 1.54) is 73.1 Å². The zero-order valence-corrected chi connectivity index (χ0v) is 24.8. The Balaban J connectivity index is 1.08. The van der Waals surface area contributed by atoms with Gasteiger partial charge in [-0.1, -0.05) is 91.0 Å². The second-order valence-corrected chi connectivity index (χ2v) is 14.5. The Morgan fingerprint density at radius 3 is 2.07 bits per heavy atom. The molecule has 1 aliphatic carbocycles. The van der Waals surface area contributed by atoms with E-state index in [0.717, 1.165) is 12.8 Å². The fourth-order valence-corrected chi connectivity index (χ4v) is 10.5. The summed E-state index contributed by atoms with van der Waals surface area (Å²) in [5, 5.41) is 6.07. The smallest absolute Gasteiger partial charge is 0.0390 e. The molecule has 0 amide bonds. The molecule has 196 valence electrons. The Kier molecular flexibility index (Phi) is 5.54. The van der Waals surface area contributed by atoms with Crippen LogP contribution in [0.4, 0.5) is 0 Å². The Bertz CT molecular complexity index is 2210. The summed E-state index contributed by atoms with van der Waals surface area (Å²) in [6.07, 6.45) is 11.1. The van der Waals surface area contributed by atoms with Gasteiger partial charge in [0.05, 0.1) is 0 Å². The van der Waals surface area contributed by atoms with Crippen molar-refractivity contribution in [1.29, 1.82) is 0 Å². The van der Waals surface area contributed by atoms with E-state index in [0.29, 0.717) is 11.2 Å². The molecule has 0 radical (unpaired) electrons. The summed E-state index contributed by atoms with van der Waals surface area (Å²) in [6, 6.07) is 36.8. The predicted molar refractivity (Wildman–Crippen MR) is 181 cm³/mol. The number of hydrogen-bond donors (Lipinski definition) is 0. The highest BCUT2D eigenvalue weighted by molar-refractivity contribution is 8.00. The summed E-state index contributed by atoms with van der Waals surface area (Å²) < 4.78 is 5.54. The minimum atomic E-state index is 0.514. The monoisotopic (exact) mass is 578 g/mol. The average Bonchev–Trinajstić information content (AvgIpc) is 3.69. The molecule has 3 heteroatoms. The molecular formula is C38H26S3. The van der Waals surface area contributed by atoms with Crippen molar-refractivity contribution in [1.82, 2.24) is 0 Å². The van der Waals surface area contributed by atoms with E-state index in [9.17, 15) is 0 Å². The third-order valence-electron chi connectivity index (χ3n) is 8.70. The fraction of sp³-hybridized carbons (Fsp3) is 0.105. The van der Waals surface area contributed by atoms with Gasteiger partial charge < -0.3 is 0 Å². The van der Waals surface area contributed by atoms with E-state index in [4.69, 9.17) is 0 Å². The lowest BCUT2D eigenvalue weighted by molar-refractivity contribution is 0.875. The Morgan fingerprint density at radius 1 is 0.537 bits per heavy atom. The molecule has 0 spiro atoms. The van der Waals surface area contributed by atoms with Crippen molar-refractivity contribution < 1.29 is 0 Å². The maximum atomic E-state index is 2.45. The van der Waals surface area contributed by atoms with Gasteiger partial charge in [-0.25, -0.2) is 0 Å². The maximum Gasteiger partial charge on any atom is 0.0390 e. The highest BCUT2D eigenvalue weighted by atomic mass is 32.2. The number of thiophene rings is 2. The summed E-state index contributed by atoms with van der Waals surface area (Å²) >= 11 is 5.88. The van der Waals surface area contributed by atoms with Gasteiger partial charge in [-0.3, -0.25) is 0 Å². The second-order valence-electron chi connectivity index (χ2n) is 11.2. The van der Waals surface area contributed by atoms with Crippen LogP contribution in [0.2, 0.25) is 0 Å². The van der Waals surface area contributed by atoms with E-state index >= 15 is 0 Å². The number of rotatable bonds is 4. The van der Waals surface area contributed by atoms with Gasteiger partial charge in [0.15, 0.2) is 0 Å². The van der Waals surface area contributed by atoms with Crippen molar-refractivity contribution in [2.24, 2.45) is 0 Å². The van der Waals surface area contributed by atoms with Crippen LogP contribution >= 0.6 is 34.4 Å². The average molecular weight is 579 g/mol. The summed E-state index contributed by atoms with van der Waals surface area (Å²) in [5.41, 5.74) is 7.16. The van der Waals surface area contributed by atoms with Crippen LogP contribution in [0.25, 0.3) is 40.3 Å². The molecule has 9 rings (SSSR count). The number of thioether (sulfide) groups is 1. The fourth-order valence-electron chi connectivity index (χ4n) is 6.74. The van der Waals surface area contributed by atoms with Gasteiger partial charge in [-0.05, 0) is 71.0 Å². The molecular weight excluding hydrogens is 553 g/mol. The molecule has 0 saturated heterocycles. The van der Waals surface area contributed by atoms with Gasteiger partial charge in [0, 0.05) is 56.4 Å². The molecule has 5 aromatic carbocycles. The Morgan fingerprint density at radius 2 is 1.22 bits per heavy atom. The van der Waals surface area contributed by atoms with Crippen LogP contribution in [0.5, 0.6) is 0 Å². The van der Waals surface area contributed by atoms with E-state index in [1.807, 2.05) is 34.4 Å². The minimum absolute atomic E-state index is 0.514. The van der Waals surface area contributed by atoms with Crippen molar-refractivity contribution in [2.45, 2.75) is 28.9 Å². The molecule has 3 heterocycles. The van der Waals surface area contributed by atoms with Gasteiger partial charge >= 0.3 is 0 Å². The molecule has 0 fully saturated rings. The molecule has 1 aliphatic heterocycles. The van der Waals surface area contributed by atoms with Crippen LogP contribution in [-0.4, -0.2) is 5.25 Å². The minimum Gasteiger partial charge on any atom is -0.135 e. The summed E-state index contributed by atoms with van der Waals surface area (Å²) in [4.78, 5) is 1.49. The highest BCUT2D eigenvalue weighted by Gasteiger charge is 2.32. The van der Waals surface area contributed by atoms with Crippen LogP contribution < -0.4 is 0 Å². The molecule has 0 bridgehead atoms. The van der Waals surface area contributed by atoms with E-state index in [2.05, 4.69) is 121 Å². The topological polar surface area (TPSA) is 0 Å². The third kappa shape index (κ3) is 3.94. The van der Waals surface area contributed by atoms with Crippen LogP contribution in [-0.2, 0) is 12.8 Å². The van der Waals surface area contributed by atoms with Crippen molar-refractivity contribution >= 4 is 74.8 Å². The zero-order valence-electron chi connectivity index (χ0n) is 22.3. The molecule has 0 nitrogen and oxygen atoms in total. The second kappa shape index (κ2) is 9.46. The largest absolute Gasteiger partial charge is 0.135 e. The normalized spacial score (nSPS) is 17.7. The van der Waals surface area contributed by atoms with Crippen LogP contribution in [0.1, 0.15) is 33.7 Å². The lowest BCUT2D eigenvalue weighted by atomic mass is 9.90. The van der Waals surface area contributed by atoms with E-state index < -0.39 is 0 Å². The quantitative estimate of drug-likeness (QED) is 0.200. The molecule has 7 aromatic rings. The predicted octanol–water partition coefficient (Wildman–Crippen LogP) is 11.3. The molecule has 41 heavy (non-hydrogen) atoms. The van der Waals surface area contributed by atoms with Gasteiger partial charge in [0.2, 0.25) is 0 Å². The van der Waals surface area contributed by atoms with Gasteiger partial charge in [0.1, 0.15) is 0 Å². The molecule has 2 atom stereocenters. The number of benzene rings is 5. The van der Waals surface area contributed by atoms with Crippen molar-refractivity contribution in [3.8, 4) is 0 Å². The molecule has 0 N–H and O–H groups in total. The summed E-state index contributed by atoms with van der Waals surface area (Å²) in [7, 11) is 0. The number of fused-ring (bicyclic) bond motifs is 9. The van der Waals surface area contributed by atoms with Gasteiger partial charge in [-0.2, -0.15) is 0 Å². The zero-order chi connectivity index (χ0) is 26.9. The Hall–Kier alpha value is -3.63. The Labute approximate surface area is 251 Å². The lowest BCUT2D eigenvalue weighted by Gasteiger charge is -2.14. The highest BCUT2D eigenvalue weighted by Crippen LogP contribution is 2.50. The van der Waals surface area contributed by atoms with Crippen molar-refractivity contribution in [3.05, 3.63) is 149 Å². The lowest BCUT2D eigenvalue weighted by Crippen LogP contribution is -2.06. The van der Waals surface area contributed by atoms with Crippen LogP contribution in [0.15, 0.2) is 126 Å². The molecule has 2 aliphatic rings. The van der Waals surface area contributed by atoms with E-state index in [1.54, 1.807) is 0 Å². The van der Waals surface area contributed by atoms with Crippen molar-refractivity contribution in [3.63, 3.8) is 0 Å². The summed E-state index contributed by atoms with van der Waals surface area (Å²) in [5.74, 6) is 0.514. The summed E-state index contributed by atoms with van der Waals surface area (Å²) in [6.45, 7) is 0. The maximum absolute atomic E-state index is 2.45. The first-order valence-electron chi connectivity index (χ1n) is 14.3. The molecule has 2 aromatic heterocycles. The molecule has 0 saturated carbocycles. The number of allylic oxidation sites excluding steroid dienone is 3. The van der Waals surface area contributed by atoms with Gasteiger partial charge in [-0.15, -0.1) is 34.4 Å². The van der Waals surface area contributed by atoms with Gasteiger partial charge in [0.25, 0.3) is 0 Å². The first-order valence-corrected chi connectivity index (χ1v) is 16.8. The molecule has 2 unspecified atom stereocenters. The number of hydrogen-bond acceptors (Lipinski definition) is 3. The third-order valence-corrected chi connectivity index (χ3v) is 12.6. The standard InChI is InChI=1S/C38H26S3/c1-3-13-33-27(9-1)29-11-5-7-25(37(29)40-33)19-23-15-17-35-31(21-23)32-22-24(16-18-36(32)39-35)20-26-8-6-12-30-28-10-2-4-14-34(28)41-38(26)30/h1-18,21-22,27,33H,19-20H2. The van der Waals surface area contributed by atoms with Crippen LogP contribution in [0.3, 0.4) is 0 Å². The SMILES string of the molecule is C1=CC2Sc3c(Cc4ccc5sc6ccc(Cc7cccc8c7sc7ccccc78)cc6c5c4)cccc3C2C=C1. The first kappa shape index (κ1) is 24.0. The van der Waals surface area contributed by atoms with Crippen molar-refractivity contribution in [2.75, 3.05) is 0 Å².